The summed E-state index contributed by atoms with van der Waals surface area (Å²) in [5, 5.41) is 33.4. The summed E-state index contributed by atoms with van der Waals surface area (Å²) in [5.74, 6) is -4.11. The molecule has 42 heavy (non-hydrogen) atoms. The van der Waals surface area contributed by atoms with E-state index in [-0.39, 0.29) is 26.4 Å². The Hall–Kier alpha value is -2.78. The van der Waals surface area contributed by atoms with Gasteiger partial charge in [-0.15, -0.1) is 0 Å². The molecule has 0 heterocycles. The van der Waals surface area contributed by atoms with Crippen LogP contribution in [0.1, 0.15) is 93.4 Å². The molecule has 0 radical (unpaired) electrons. The van der Waals surface area contributed by atoms with Crippen molar-refractivity contribution in [3.05, 3.63) is 70.8 Å². The molecule has 3 aliphatic carbocycles. The SMILES string of the molecule is CCCCCCCCCCCCNC(=O)C1C(C(=O)O)C2(OCCO)c3ccccc3C1(OCCO)c1ccccc12. The van der Waals surface area contributed by atoms with Gasteiger partial charge in [0.05, 0.1) is 32.3 Å². The fraction of sp³-hybridized carbons (Fsp3) is 0.588. The minimum absolute atomic E-state index is 0.0816. The molecule has 8 heteroatoms. The molecular formula is C34H47NO7. The molecule has 2 aromatic rings. The first-order valence-electron chi connectivity index (χ1n) is 15.7. The van der Waals surface area contributed by atoms with Crippen molar-refractivity contribution in [3.8, 4) is 0 Å². The number of aliphatic hydroxyl groups is 2. The Morgan fingerprint density at radius 2 is 1.10 bits per heavy atom. The maximum absolute atomic E-state index is 14.1. The smallest absolute Gasteiger partial charge is 0.311 e. The van der Waals surface area contributed by atoms with Crippen LogP contribution >= 0.6 is 0 Å². The van der Waals surface area contributed by atoms with Gasteiger partial charge in [-0.05, 0) is 28.7 Å². The molecule has 0 saturated heterocycles. The van der Waals surface area contributed by atoms with Gasteiger partial charge in [0.1, 0.15) is 17.1 Å². The average molecular weight is 582 g/mol. The number of hydrogen-bond donors (Lipinski definition) is 4. The monoisotopic (exact) mass is 581 g/mol. The van der Waals surface area contributed by atoms with Crippen molar-refractivity contribution in [2.24, 2.45) is 11.8 Å². The Balaban J connectivity index is 1.61. The van der Waals surface area contributed by atoms with E-state index in [9.17, 15) is 24.9 Å². The Morgan fingerprint density at radius 3 is 1.50 bits per heavy atom. The lowest BCUT2D eigenvalue weighted by Crippen LogP contribution is -2.67. The highest BCUT2D eigenvalue weighted by molar-refractivity contribution is 5.91. The van der Waals surface area contributed by atoms with Gasteiger partial charge in [-0.3, -0.25) is 9.59 Å². The third kappa shape index (κ3) is 6.00. The standard InChI is InChI=1S/C34H47NO7/c1-2-3-4-5-6-7-8-9-10-15-20-35-31(38)29-30(32(39)40)34(42-24-22-37)27-18-13-11-16-25(27)33(29,41-23-21-36)26-17-12-14-19-28(26)34/h11-14,16-19,29-30,36-37H,2-10,15,20-24H2,1H3,(H,35,38)(H,39,40). The van der Waals surface area contributed by atoms with Gasteiger partial charge in [0.15, 0.2) is 0 Å². The van der Waals surface area contributed by atoms with Gasteiger partial charge < -0.3 is 30.1 Å². The maximum atomic E-state index is 14.1. The van der Waals surface area contributed by atoms with Crippen molar-refractivity contribution in [2.75, 3.05) is 33.0 Å². The number of carbonyl (C=O) groups is 2. The number of carboxylic acids is 1. The maximum Gasteiger partial charge on any atom is 0.311 e. The van der Waals surface area contributed by atoms with Crippen molar-refractivity contribution in [3.63, 3.8) is 0 Å². The second-order valence-corrected chi connectivity index (χ2v) is 11.5. The summed E-state index contributed by atoms with van der Waals surface area (Å²) in [6.45, 7) is 1.87. The molecule has 4 N–H and O–H groups in total. The molecule has 0 aromatic heterocycles. The number of carbonyl (C=O) groups excluding carboxylic acids is 1. The van der Waals surface area contributed by atoms with Gasteiger partial charge in [-0.1, -0.05) is 113 Å². The zero-order chi connectivity index (χ0) is 30.0. The van der Waals surface area contributed by atoms with Gasteiger partial charge >= 0.3 is 5.97 Å². The normalized spacial score (nSPS) is 23.8. The highest BCUT2D eigenvalue weighted by atomic mass is 16.5. The molecule has 8 nitrogen and oxygen atoms in total. The van der Waals surface area contributed by atoms with E-state index in [2.05, 4.69) is 12.2 Å². The Bertz CT molecular complexity index is 1130. The van der Waals surface area contributed by atoms with Crippen molar-refractivity contribution < 1.29 is 34.4 Å². The number of nitrogens with one attached hydrogen (secondary N) is 1. The summed E-state index contributed by atoms with van der Waals surface area (Å²) in [4.78, 5) is 27.3. The number of rotatable bonds is 19. The lowest BCUT2D eigenvalue weighted by Gasteiger charge is -2.60. The van der Waals surface area contributed by atoms with Crippen LogP contribution in [-0.4, -0.2) is 60.2 Å². The number of aliphatic hydroxyl groups excluding tert-OH is 2. The van der Waals surface area contributed by atoms with E-state index in [0.717, 1.165) is 19.3 Å². The summed E-state index contributed by atoms with van der Waals surface area (Å²) in [6, 6.07) is 14.6. The molecule has 2 bridgehead atoms. The lowest BCUT2D eigenvalue weighted by molar-refractivity contribution is -0.200. The minimum Gasteiger partial charge on any atom is -0.481 e. The molecule has 0 spiro atoms. The number of unbranched alkanes of at least 4 members (excludes halogenated alkanes) is 9. The number of hydrogen-bond acceptors (Lipinski definition) is 6. The first-order chi connectivity index (χ1) is 20.5. The van der Waals surface area contributed by atoms with Gasteiger partial charge in [0.25, 0.3) is 0 Å². The third-order valence-electron chi connectivity index (χ3n) is 8.88. The van der Waals surface area contributed by atoms with Crippen LogP contribution in [0.3, 0.4) is 0 Å². The number of carboxylic acid groups (broad SMARTS) is 1. The highest BCUT2D eigenvalue weighted by Crippen LogP contribution is 2.65. The second-order valence-electron chi connectivity index (χ2n) is 11.5. The van der Waals surface area contributed by atoms with E-state index in [0.29, 0.717) is 28.8 Å². The Kier molecular flexibility index (Phi) is 11.6. The fourth-order valence-electron chi connectivity index (χ4n) is 7.18. The lowest BCUT2D eigenvalue weighted by atomic mass is 9.49. The molecule has 2 aromatic carbocycles. The first-order valence-corrected chi connectivity index (χ1v) is 15.7. The van der Waals surface area contributed by atoms with Crippen molar-refractivity contribution in [1.29, 1.82) is 0 Å². The van der Waals surface area contributed by atoms with Gasteiger partial charge in [0, 0.05) is 6.54 Å². The minimum atomic E-state index is -1.51. The van der Waals surface area contributed by atoms with Crippen LogP contribution in [0, 0.1) is 11.8 Å². The van der Waals surface area contributed by atoms with Gasteiger partial charge in [-0.25, -0.2) is 0 Å². The molecule has 2 unspecified atom stereocenters. The number of amides is 1. The molecule has 1 amide bonds. The van der Waals surface area contributed by atoms with E-state index in [1.807, 2.05) is 48.5 Å². The van der Waals surface area contributed by atoms with Crippen LogP contribution in [0.2, 0.25) is 0 Å². The van der Waals surface area contributed by atoms with Gasteiger partial charge in [-0.2, -0.15) is 0 Å². The van der Waals surface area contributed by atoms with Crippen LogP contribution in [0.5, 0.6) is 0 Å². The van der Waals surface area contributed by atoms with Gasteiger partial charge in [0.2, 0.25) is 5.91 Å². The first kappa shape index (κ1) is 32.1. The zero-order valence-corrected chi connectivity index (χ0v) is 24.9. The molecule has 3 aliphatic rings. The molecule has 0 aliphatic heterocycles. The molecule has 5 rings (SSSR count). The Labute approximate surface area is 249 Å². The van der Waals surface area contributed by atoms with Crippen molar-refractivity contribution >= 4 is 11.9 Å². The second kappa shape index (κ2) is 15.1. The average Bonchev–Trinajstić information content (AvgIpc) is 3.01. The van der Waals surface area contributed by atoms with Crippen LogP contribution in [-0.2, 0) is 30.3 Å². The number of fused-ring (bicyclic) bond motifs is 1. The van der Waals surface area contributed by atoms with Crippen LogP contribution in [0.15, 0.2) is 48.5 Å². The molecule has 0 fully saturated rings. The quantitative estimate of drug-likeness (QED) is 0.174. The topological polar surface area (TPSA) is 125 Å². The largest absolute Gasteiger partial charge is 0.481 e. The number of benzene rings is 2. The van der Waals surface area contributed by atoms with Crippen LogP contribution in [0.4, 0.5) is 0 Å². The van der Waals surface area contributed by atoms with Crippen molar-refractivity contribution in [2.45, 2.75) is 82.3 Å². The number of ether oxygens (including phenoxy) is 2. The summed E-state index contributed by atoms with van der Waals surface area (Å²) >= 11 is 0. The van der Waals surface area contributed by atoms with E-state index in [1.165, 1.54) is 44.9 Å². The number of aliphatic carboxylic acids is 1. The summed E-state index contributed by atoms with van der Waals surface area (Å²) in [7, 11) is 0. The third-order valence-corrected chi connectivity index (χ3v) is 8.88. The van der Waals surface area contributed by atoms with Crippen LogP contribution < -0.4 is 5.32 Å². The fourth-order valence-corrected chi connectivity index (χ4v) is 7.18. The summed E-state index contributed by atoms with van der Waals surface area (Å²) < 4.78 is 12.8. The summed E-state index contributed by atoms with van der Waals surface area (Å²) in [5.41, 5.74) is -0.461. The summed E-state index contributed by atoms with van der Waals surface area (Å²) in [6.07, 6.45) is 11.8. The molecule has 0 saturated carbocycles. The van der Waals surface area contributed by atoms with Crippen LogP contribution in [0.25, 0.3) is 0 Å². The molecular weight excluding hydrogens is 534 g/mol. The Morgan fingerprint density at radius 1 is 0.690 bits per heavy atom. The van der Waals surface area contributed by atoms with E-state index < -0.39 is 34.9 Å². The predicted octanol–water partition coefficient (Wildman–Crippen LogP) is 4.87. The van der Waals surface area contributed by atoms with E-state index in [4.69, 9.17) is 9.47 Å². The molecule has 2 atom stereocenters. The highest BCUT2D eigenvalue weighted by Gasteiger charge is 2.71. The van der Waals surface area contributed by atoms with E-state index in [1.54, 1.807) is 0 Å². The zero-order valence-electron chi connectivity index (χ0n) is 24.9. The predicted molar refractivity (Wildman–Crippen MR) is 160 cm³/mol. The molecule has 230 valence electrons. The van der Waals surface area contributed by atoms with Crippen molar-refractivity contribution in [1.82, 2.24) is 5.32 Å². The van der Waals surface area contributed by atoms with E-state index >= 15 is 0 Å².